The van der Waals surface area contributed by atoms with Crippen LogP contribution in [0.2, 0.25) is 0 Å². The molecule has 0 aliphatic carbocycles. The van der Waals surface area contributed by atoms with Gasteiger partial charge in [0.1, 0.15) is 18.1 Å². The van der Waals surface area contributed by atoms with Gasteiger partial charge in [-0.3, -0.25) is 0 Å². The van der Waals surface area contributed by atoms with Crippen molar-refractivity contribution >= 4 is 11.9 Å². The van der Waals surface area contributed by atoms with Gasteiger partial charge in [0.2, 0.25) is 0 Å². The largest absolute Gasteiger partial charge is 0.494 e. The summed E-state index contributed by atoms with van der Waals surface area (Å²) in [7, 11) is 0. The molecule has 0 radical (unpaired) electrons. The Balaban J connectivity index is 1.49. The molecular formula is C23H26O6. The van der Waals surface area contributed by atoms with Crippen LogP contribution in [0, 0.1) is 0 Å². The molecule has 6 nitrogen and oxygen atoms in total. The van der Waals surface area contributed by atoms with E-state index in [9.17, 15) is 9.59 Å². The Morgan fingerprint density at radius 2 is 1.62 bits per heavy atom. The predicted molar refractivity (Wildman–Crippen MR) is 108 cm³/mol. The first kappa shape index (κ1) is 20.9. The van der Waals surface area contributed by atoms with Crippen molar-refractivity contribution in [3.63, 3.8) is 0 Å². The second kappa shape index (κ2) is 10.6. The second-order valence-electron chi connectivity index (χ2n) is 6.87. The molecule has 0 spiro atoms. The first-order chi connectivity index (χ1) is 14.2. The van der Waals surface area contributed by atoms with E-state index in [-0.39, 0.29) is 12.7 Å². The Morgan fingerprint density at radius 3 is 2.24 bits per heavy atom. The normalized spacial score (nSPS) is 15.7. The Hall–Kier alpha value is -2.86. The molecule has 1 aliphatic heterocycles. The molecule has 2 aromatic carbocycles. The number of benzene rings is 2. The highest BCUT2D eigenvalue weighted by Gasteiger charge is 2.18. The van der Waals surface area contributed by atoms with Crippen LogP contribution in [-0.2, 0) is 9.47 Å². The van der Waals surface area contributed by atoms with Crippen LogP contribution in [0.3, 0.4) is 0 Å². The number of carbonyl (C=O) groups excluding carboxylic acids is 2. The molecule has 3 rings (SSSR count). The first-order valence-electron chi connectivity index (χ1n) is 9.99. The van der Waals surface area contributed by atoms with Gasteiger partial charge in [-0.1, -0.05) is 13.3 Å². The van der Waals surface area contributed by atoms with Gasteiger partial charge in [0.05, 0.1) is 23.8 Å². The lowest BCUT2D eigenvalue weighted by atomic mass is 10.2. The molecule has 1 fully saturated rings. The van der Waals surface area contributed by atoms with Gasteiger partial charge in [-0.2, -0.15) is 0 Å². The summed E-state index contributed by atoms with van der Waals surface area (Å²) >= 11 is 0. The molecule has 2 aromatic rings. The molecule has 1 heterocycles. The fourth-order valence-corrected chi connectivity index (χ4v) is 2.87. The van der Waals surface area contributed by atoms with Crippen molar-refractivity contribution in [1.29, 1.82) is 0 Å². The van der Waals surface area contributed by atoms with Crippen molar-refractivity contribution in [2.45, 2.75) is 38.7 Å². The average Bonchev–Trinajstić information content (AvgIpc) is 3.27. The van der Waals surface area contributed by atoms with Gasteiger partial charge in [-0.05, 0) is 67.8 Å². The number of hydrogen-bond donors (Lipinski definition) is 0. The monoisotopic (exact) mass is 398 g/mol. The topological polar surface area (TPSA) is 71.1 Å². The Labute approximate surface area is 170 Å². The molecule has 1 unspecified atom stereocenters. The predicted octanol–water partition coefficient (Wildman–Crippen LogP) is 4.42. The fourth-order valence-electron chi connectivity index (χ4n) is 2.87. The minimum absolute atomic E-state index is 0.0115. The van der Waals surface area contributed by atoms with E-state index in [1.54, 1.807) is 48.5 Å². The van der Waals surface area contributed by atoms with Gasteiger partial charge in [-0.25, -0.2) is 9.59 Å². The Kier molecular flexibility index (Phi) is 7.64. The lowest BCUT2D eigenvalue weighted by Gasteiger charge is -2.10. The highest BCUT2D eigenvalue weighted by atomic mass is 16.6. The summed E-state index contributed by atoms with van der Waals surface area (Å²) in [5.41, 5.74) is 0.823. The maximum absolute atomic E-state index is 12.3. The van der Waals surface area contributed by atoms with Crippen LogP contribution in [0.1, 0.15) is 53.3 Å². The highest BCUT2D eigenvalue weighted by Crippen LogP contribution is 2.18. The van der Waals surface area contributed by atoms with Crippen LogP contribution in [0.25, 0.3) is 0 Å². The zero-order valence-corrected chi connectivity index (χ0v) is 16.6. The van der Waals surface area contributed by atoms with Gasteiger partial charge in [0.15, 0.2) is 0 Å². The third kappa shape index (κ3) is 6.32. The van der Waals surface area contributed by atoms with Gasteiger partial charge < -0.3 is 18.9 Å². The Morgan fingerprint density at radius 1 is 0.966 bits per heavy atom. The van der Waals surface area contributed by atoms with E-state index in [2.05, 4.69) is 6.92 Å². The van der Waals surface area contributed by atoms with Crippen molar-refractivity contribution in [1.82, 2.24) is 0 Å². The lowest BCUT2D eigenvalue weighted by Crippen LogP contribution is -2.17. The van der Waals surface area contributed by atoms with Crippen molar-refractivity contribution in [3.05, 3.63) is 59.7 Å². The van der Waals surface area contributed by atoms with Gasteiger partial charge in [-0.15, -0.1) is 0 Å². The standard InChI is InChI=1S/C23H26O6/c1-2-3-14-26-19-10-6-18(7-11-19)23(25)29-20-12-8-17(9-13-20)22(24)28-16-21-5-4-15-27-21/h6-13,21H,2-5,14-16H2,1H3. The van der Waals surface area contributed by atoms with Crippen LogP contribution in [0.15, 0.2) is 48.5 Å². The number of rotatable bonds is 9. The number of esters is 2. The summed E-state index contributed by atoms with van der Waals surface area (Å²) in [5.74, 6) is 0.186. The van der Waals surface area contributed by atoms with Crippen LogP contribution in [-0.4, -0.2) is 37.9 Å². The molecule has 0 saturated carbocycles. The van der Waals surface area contributed by atoms with E-state index < -0.39 is 11.9 Å². The van der Waals surface area contributed by atoms with Gasteiger partial charge in [0, 0.05) is 6.61 Å². The van der Waals surface area contributed by atoms with E-state index >= 15 is 0 Å². The summed E-state index contributed by atoms with van der Waals surface area (Å²) in [6, 6.07) is 13.1. The van der Waals surface area contributed by atoms with Crippen molar-refractivity contribution < 1.29 is 28.5 Å². The fraction of sp³-hybridized carbons (Fsp3) is 0.391. The third-order valence-corrected chi connectivity index (χ3v) is 4.58. The van der Waals surface area contributed by atoms with Gasteiger partial charge in [0.25, 0.3) is 0 Å². The maximum Gasteiger partial charge on any atom is 0.343 e. The Bertz CT molecular complexity index is 791. The van der Waals surface area contributed by atoms with Crippen molar-refractivity contribution in [3.8, 4) is 11.5 Å². The zero-order valence-electron chi connectivity index (χ0n) is 16.6. The first-order valence-corrected chi connectivity index (χ1v) is 9.99. The molecule has 0 N–H and O–H groups in total. The summed E-state index contributed by atoms with van der Waals surface area (Å²) in [6.45, 7) is 3.73. The molecule has 0 amide bonds. The molecule has 1 aliphatic rings. The van der Waals surface area contributed by atoms with Crippen LogP contribution in [0.5, 0.6) is 11.5 Å². The number of ether oxygens (including phenoxy) is 4. The van der Waals surface area contributed by atoms with Crippen molar-refractivity contribution in [2.75, 3.05) is 19.8 Å². The average molecular weight is 398 g/mol. The van der Waals surface area contributed by atoms with Crippen molar-refractivity contribution in [2.24, 2.45) is 0 Å². The number of carbonyl (C=O) groups is 2. The molecule has 0 bridgehead atoms. The summed E-state index contributed by atoms with van der Waals surface area (Å²) in [4.78, 5) is 24.4. The molecule has 0 aromatic heterocycles. The van der Waals surface area contributed by atoms with Gasteiger partial charge >= 0.3 is 11.9 Å². The van der Waals surface area contributed by atoms with E-state index in [1.165, 1.54) is 0 Å². The number of unbranched alkanes of at least 4 members (excludes halogenated alkanes) is 1. The summed E-state index contributed by atoms with van der Waals surface area (Å²) in [5, 5.41) is 0. The summed E-state index contributed by atoms with van der Waals surface area (Å²) in [6.07, 6.45) is 3.95. The van der Waals surface area contributed by atoms with E-state index in [0.717, 1.165) is 38.0 Å². The van der Waals surface area contributed by atoms with Crippen LogP contribution < -0.4 is 9.47 Å². The molecule has 1 atom stereocenters. The van der Waals surface area contributed by atoms with E-state index in [1.807, 2.05) is 0 Å². The molecule has 154 valence electrons. The molecular weight excluding hydrogens is 372 g/mol. The molecule has 29 heavy (non-hydrogen) atoms. The maximum atomic E-state index is 12.3. The molecule has 6 heteroatoms. The minimum Gasteiger partial charge on any atom is -0.494 e. The smallest absolute Gasteiger partial charge is 0.343 e. The number of hydrogen-bond acceptors (Lipinski definition) is 6. The SMILES string of the molecule is CCCCOc1ccc(C(=O)Oc2ccc(C(=O)OCC3CCCO3)cc2)cc1. The second-order valence-corrected chi connectivity index (χ2v) is 6.87. The highest BCUT2D eigenvalue weighted by molar-refractivity contribution is 5.92. The van der Waals surface area contributed by atoms with E-state index in [0.29, 0.717) is 23.5 Å². The quantitative estimate of drug-likeness (QED) is 0.354. The molecule has 1 saturated heterocycles. The van der Waals surface area contributed by atoms with Crippen LogP contribution in [0.4, 0.5) is 0 Å². The summed E-state index contributed by atoms with van der Waals surface area (Å²) < 4.78 is 21.6. The third-order valence-electron chi connectivity index (χ3n) is 4.58. The van der Waals surface area contributed by atoms with Crippen LogP contribution >= 0.6 is 0 Å². The van der Waals surface area contributed by atoms with E-state index in [4.69, 9.17) is 18.9 Å². The lowest BCUT2D eigenvalue weighted by molar-refractivity contribution is 0.0161. The zero-order chi connectivity index (χ0) is 20.5. The minimum atomic E-state index is -0.473.